The Bertz CT molecular complexity index is 681. The molecule has 0 heterocycles. The molecule has 5 heteroatoms. The van der Waals surface area contributed by atoms with Gasteiger partial charge >= 0.3 is 5.97 Å². The van der Waals surface area contributed by atoms with Crippen LogP contribution in [0.5, 0.6) is 5.75 Å². The number of carbonyl (C=O) groups excluding carboxylic acids is 1. The number of nitrogens with zero attached hydrogens (tertiary/aromatic N) is 1. The standard InChI is InChI=1S/C18H18ClNO3/c1-13(2)23-18(21)12-22-15-9-7-14(8-10-15)11-20-17-6-4-3-5-16(17)19/h3-11,13H,12H2,1-2H3. The van der Waals surface area contributed by atoms with Crippen LogP contribution in [0.4, 0.5) is 5.69 Å². The van der Waals surface area contributed by atoms with Crippen LogP contribution < -0.4 is 4.74 Å². The van der Waals surface area contributed by atoms with Crippen LogP contribution in [0.15, 0.2) is 53.5 Å². The number of hydrogen-bond acceptors (Lipinski definition) is 4. The molecule has 0 radical (unpaired) electrons. The monoisotopic (exact) mass is 331 g/mol. The third-order valence-corrected chi connectivity index (χ3v) is 3.13. The minimum Gasteiger partial charge on any atom is -0.482 e. The number of aliphatic imine (C=N–C) groups is 1. The van der Waals surface area contributed by atoms with Crippen LogP contribution in [0, 0.1) is 0 Å². The number of ether oxygens (including phenoxy) is 2. The Labute approximate surface area is 140 Å². The second-order valence-corrected chi connectivity index (χ2v) is 5.51. The van der Waals surface area contributed by atoms with Crippen LogP contribution in [-0.4, -0.2) is 24.9 Å². The first-order valence-corrected chi connectivity index (χ1v) is 7.63. The largest absolute Gasteiger partial charge is 0.482 e. The molecule has 0 unspecified atom stereocenters. The van der Waals surface area contributed by atoms with E-state index < -0.39 is 0 Å². The summed E-state index contributed by atoms with van der Waals surface area (Å²) in [5, 5.41) is 0.604. The summed E-state index contributed by atoms with van der Waals surface area (Å²) in [5.41, 5.74) is 1.62. The number of esters is 1. The molecule has 0 aliphatic heterocycles. The van der Waals surface area contributed by atoms with E-state index in [1.165, 1.54) is 0 Å². The smallest absolute Gasteiger partial charge is 0.344 e. The van der Waals surface area contributed by atoms with E-state index in [-0.39, 0.29) is 18.7 Å². The Morgan fingerprint density at radius 3 is 2.52 bits per heavy atom. The van der Waals surface area contributed by atoms with Crippen LogP contribution in [-0.2, 0) is 9.53 Å². The van der Waals surface area contributed by atoms with Gasteiger partial charge in [0.05, 0.1) is 16.8 Å². The van der Waals surface area contributed by atoms with Gasteiger partial charge in [-0.15, -0.1) is 0 Å². The van der Waals surface area contributed by atoms with E-state index in [1.54, 1.807) is 38.3 Å². The number of para-hydroxylation sites is 1. The summed E-state index contributed by atoms with van der Waals surface area (Å²) >= 11 is 6.04. The molecule has 0 aliphatic rings. The van der Waals surface area contributed by atoms with E-state index >= 15 is 0 Å². The minimum atomic E-state index is -0.385. The maximum Gasteiger partial charge on any atom is 0.344 e. The predicted molar refractivity (Wildman–Crippen MR) is 91.9 cm³/mol. The summed E-state index contributed by atoms with van der Waals surface area (Å²) in [7, 11) is 0. The van der Waals surface area contributed by atoms with Crippen molar-refractivity contribution in [2.45, 2.75) is 20.0 Å². The van der Waals surface area contributed by atoms with E-state index in [1.807, 2.05) is 30.3 Å². The van der Waals surface area contributed by atoms with Gasteiger partial charge in [0.1, 0.15) is 5.75 Å². The Hall–Kier alpha value is -2.33. The van der Waals surface area contributed by atoms with E-state index in [2.05, 4.69) is 4.99 Å². The van der Waals surface area contributed by atoms with Crippen LogP contribution in [0.2, 0.25) is 5.02 Å². The maximum absolute atomic E-state index is 11.4. The first kappa shape index (κ1) is 17.0. The SMILES string of the molecule is CC(C)OC(=O)COc1ccc(C=Nc2ccccc2Cl)cc1. The van der Waals surface area contributed by atoms with Gasteiger partial charge in [-0.2, -0.15) is 0 Å². The lowest BCUT2D eigenvalue weighted by atomic mass is 10.2. The van der Waals surface area contributed by atoms with E-state index in [9.17, 15) is 4.79 Å². The molecule has 0 atom stereocenters. The average Bonchev–Trinajstić information content (AvgIpc) is 2.52. The summed E-state index contributed by atoms with van der Waals surface area (Å²) in [6.45, 7) is 3.49. The van der Waals surface area contributed by atoms with Crippen molar-refractivity contribution in [3.63, 3.8) is 0 Å². The minimum absolute atomic E-state index is 0.106. The van der Waals surface area contributed by atoms with Gasteiger partial charge in [-0.25, -0.2) is 4.79 Å². The highest BCUT2D eigenvalue weighted by Crippen LogP contribution is 2.23. The maximum atomic E-state index is 11.4. The molecule has 0 aromatic heterocycles. The van der Waals surface area contributed by atoms with Gasteiger partial charge in [0.2, 0.25) is 0 Å². The molecule has 120 valence electrons. The molecule has 0 amide bonds. The fourth-order valence-corrected chi connectivity index (χ4v) is 1.97. The third kappa shape index (κ3) is 5.75. The molecule has 4 nitrogen and oxygen atoms in total. The lowest BCUT2D eigenvalue weighted by Gasteiger charge is -2.09. The normalized spacial score (nSPS) is 11.0. The van der Waals surface area contributed by atoms with Gasteiger partial charge in [0.25, 0.3) is 0 Å². The third-order valence-electron chi connectivity index (χ3n) is 2.81. The van der Waals surface area contributed by atoms with E-state index in [0.717, 1.165) is 5.56 Å². The first-order valence-electron chi connectivity index (χ1n) is 7.25. The number of halogens is 1. The Morgan fingerprint density at radius 1 is 1.17 bits per heavy atom. The molecular weight excluding hydrogens is 314 g/mol. The summed E-state index contributed by atoms with van der Waals surface area (Å²) in [5.74, 6) is 0.213. The molecular formula is C18H18ClNO3. The summed E-state index contributed by atoms with van der Waals surface area (Å²) in [6.07, 6.45) is 1.58. The fraction of sp³-hybridized carbons (Fsp3) is 0.222. The molecule has 0 saturated heterocycles. The van der Waals surface area contributed by atoms with Crippen molar-refractivity contribution in [1.29, 1.82) is 0 Å². The number of carbonyl (C=O) groups is 1. The highest BCUT2D eigenvalue weighted by molar-refractivity contribution is 6.33. The Balaban J connectivity index is 1.92. The highest BCUT2D eigenvalue weighted by Gasteiger charge is 2.06. The van der Waals surface area contributed by atoms with Crippen LogP contribution in [0.1, 0.15) is 19.4 Å². The lowest BCUT2D eigenvalue weighted by molar-refractivity contribution is -0.149. The zero-order chi connectivity index (χ0) is 16.7. The van der Waals surface area contributed by atoms with Crippen LogP contribution in [0.3, 0.4) is 0 Å². The van der Waals surface area contributed by atoms with Gasteiger partial charge in [0.15, 0.2) is 6.61 Å². The second-order valence-electron chi connectivity index (χ2n) is 5.11. The molecule has 0 spiro atoms. The quantitative estimate of drug-likeness (QED) is 0.581. The molecule has 0 saturated carbocycles. The van der Waals surface area contributed by atoms with Gasteiger partial charge in [-0.1, -0.05) is 23.7 Å². The van der Waals surface area contributed by atoms with E-state index in [4.69, 9.17) is 21.1 Å². The van der Waals surface area contributed by atoms with Crippen molar-refractivity contribution in [2.24, 2.45) is 4.99 Å². The fourth-order valence-electron chi connectivity index (χ4n) is 1.79. The van der Waals surface area contributed by atoms with Crippen molar-refractivity contribution < 1.29 is 14.3 Å². The lowest BCUT2D eigenvalue weighted by Crippen LogP contribution is -2.18. The van der Waals surface area contributed by atoms with Gasteiger partial charge in [0, 0.05) is 6.21 Å². The van der Waals surface area contributed by atoms with Gasteiger partial charge in [-0.05, 0) is 55.8 Å². The molecule has 0 bridgehead atoms. The topological polar surface area (TPSA) is 47.9 Å². The van der Waals surface area contributed by atoms with Crippen molar-refractivity contribution in [1.82, 2.24) is 0 Å². The van der Waals surface area contributed by atoms with Crippen molar-refractivity contribution in [2.75, 3.05) is 6.61 Å². The molecule has 0 aliphatic carbocycles. The van der Waals surface area contributed by atoms with Crippen LogP contribution in [0.25, 0.3) is 0 Å². The summed E-state index contributed by atoms with van der Waals surface area (Å²) < 4.78 is 10.4. The molecule has 2 rings (SSSR count). The molecule has 0 fully saturated rings. The molecule has 2 aromatic carbocycles. The first-order chi connectivity index (χ1) is 11.0. The summed E-state index contributed by atoms with van der Waals surface area (Å²) in [4.78, 5) is 15.7. The average molecular weight is 332 g/mol. The number of rotatable bonds is 6. The molecule has 2 aromatic rings. The Kier molecular flexibility index (Phi) is 6.18. The highest BCUT2D eigenvalue weighted by atomic mass is 35.5. The number of benzene rings is 2. The van der Waals surface area contributed by atoms with Gasteiger partial charge < -0.3 is 9.47 Å². The molecule has 0 N–H and O–H groups in total. The van der Waals surface area contributed by atoms with E-state index in [0.29, 0.717) is 16.5 Å². The van der Waals surface area contributed by atoms with Crippen molar-refractivity contribution in [3.05, 3.63) is 59.1 Å². The van der Waals surface area contributed by atoms with Crippen molar-refractivity contribution in [3.8, 4) is 5.75 Å². The predicted octanol–water partition coefficient (Wildman–Crippen LogP) is 4.42. The molecule has 23 heavy (non-hydrogen) atoms. The zero-order valence-corrected chi connectivity index (χ0v) is 13.8. The summed E-state index contributed by atoms with van der Waals surface area (Å²) in [6, 6.07) is 14.6. The van der Waals surface area contributed by atoms with Crippen LogP contribution >= 0.6 is 11.6 Å². The second kappa shape index (κ2) is 8.34. The zero-order valence-electron chi connectivity index (χ0n) is 13.0. The van der Waals surface area contributed by atoms with Gasteiger partial charge in [-0.3, -0.25) is 4.99 Å². The Morgan fingerprint density at radius 2 is 1.87 bits per heavy atom. The number of hydrogen-bond donors (Lipinski definition) is 0. The van der Waals surface area contributed by atoms with Crippen molar-refractivity contribution >= 4 is 29.5 Å².